The van der Waals surface area contributed by atoms with Crippen molar-refractivity contribution in [3.8, 4) is 0 Å². The predicted octanol–water partition coefficient (Wildman–Crippen LogP) is 4.48. The number of amides is 1. The van der Waals surface area contributed by atoms with Gasteiger partial charge in [-0.05, 0) is 18.9 Å². The molecule has 1 amide bonds. The molecule has 0 radical (unpaired) electrons. The van der Waals surface area contributed by atoms with E-state index >= 15 is 0 Å². The molecule has 0 fully saturated rings. The van der Waals surface area contributed by atoms with Crippen LogP contribution in [0.1, 0.15) is 71.6 Å². The van der Waals surface area contributed by atoms with Gasteiger partial charge in [0.1, 0.15) is 0 Å². The summed E-state index contributed by atoms with van der Waals surface area (Å²) >= 11 is 0. The molecule has 0 spiro atoms. The Kier molecular flexibility index (Phi) is 13.0. The molecule has 0 aromatic rings. The summed E-state index contributed by atoms with van der Waals surface area (Å²) in [6.07, 6.45) is 12.3. The second kappa shape index (κ2) is 13.6. The standard InChI is InChI=1S/C16H31NO2/c1-4-7-8-9-10-11-12-13-14-17(16(18)6-3)19-15-5-2/h6H,3-5,7-15H2,1-2H3. The molecule has 0 aliphatic rings. The van der Waals surface area contributed by atoms with Crippen LogP contribution in [0.5, 0.6) is 0 Å². The lowest BCUT2D eigenvalue weighted by Gasteiger charge is -2.20. The SMILES string of the molecule is C=CC(=O)N(CCCCCCCCCC)OCCC. The van der Waals surface area contributed by atoms with Crippen LogP contribution in [0.25, 0.3) is 0 Å². The van der Waals surface area contributed by atoms with Crippen molar-refractivity contribution >= 4 is 5.91 Å². The van der Waals surface area contributed by atoms with Gasteiger partial charge < -0.3 is 0 Å². The molecule has 0 aliphatic heterocycles. The van der Waals surface area contributed by atoms with Gasteiger partial charge in [0.2, 0.25) is 0 Å². The predicted molar refractivity (Wildman–Crippen MR) is 80.8 cm³/mol. The van der Waals surface area contributed by atoms with E-state index in [2.05, 4.69) is 13.5 Å². The Bertz CT molecular complexity index is 229. The molecular formula is C16H31NO2. The minimum atomic E-state index is -0.128. The molecule has 0 N–H and O–H groups in total. The number of nitrogens with zero attached hydrogens (tertiary/aromatic N) is 1. The van der Waals surface area contributed by atoms with E-state index in [0.29, 0.717) is 13.2 Å². The summed E-state index contributed by atoms with van der Waals surface area (Å²) in [7, 11) is 0. The summed E-state index contributed by atoms with van der Waals surface area (Å²) in [5.74, 6) is -0.128. The summed E-state index contributed by atoms with van der Waals surface area (Å²) in [5, 5.41) is 1.45. The minimum absolute atomic E-state index is 0.128. The van der Waals surface area contributed by atoms with E-state index in [1.165, 1.54) is 56.1 Å². The first-order valence-electron chi connectivity index (χ1n) is 7.83. The zero-order valence-corrected chi connectivity index (χ0v) is 12.8. The fourth-order valence-corrected chi connectivity index (χ4v) is 1.93. The van der Waals surface area contributed by atoms with Crippen molar-refractivity contribution in [1.82, 2.24) is 5.06 Å². The van der Waals surface area contributed by atoms with Crippen LogP contribution >= 0.6 is 0 Å². The highest BCUT2D eigenvalue weighted by molar-refractivity contribution is 5.86. The Morgan fingerprint density at radius 3 is 2.11 bits per heavy atom. The van der Waals surface area contributed by atoms with Crippen LogP contribution in [0.3, 0.4) is 0 Å². The number of rotatable bonds is 13. The van der Waals surface area contributed by atoms with Crippen molar-refractivity contribution in [2.45, 2.75) is 71.6 Å². The largest absolute Gasteiger partial charge is 0.271 e. The molecule has 3 nitrogen and oxygen atoms in total. The lowest BCUT2D eigenvalue weighted by molar-refractivity contribution is -0.181. The third kappa shape index (κ3) is 10.8. The van der Waals surface area contributed by atoms with Crippen LogP contribution in [-0.4, -0.2) is 24.1 Å². The van der Waals surface area contributed by atoms with Gasteiger partial charge in [0, 0.05) is 6.54 Å². The van der Waals surface area contributed by atoms with Gasteiger partial charge in [-0.2, -0.15) is 0 Å². The van der Waals surface area contributed by atoms with Crippen LogP contribution in [0.4, 0.5) is 0 Å². The van der Waals surface area contributed by atoms with Crippen molar-refractivity contribution in [1.29, 1.82) is 0 Å². The van der Waals surface area contributed by atoms with Crippen molar-refractivity contribution in [3.63, 3.8) is 0 Å². The van der Waals surface area contributed by atoms with Gasteiger partial charge in [0.05, 0.1) is 6.61 Å². The summed E-state index contributed by atoms with van der Waals surface area (Å²) in [4.78, 5) is 17.0. The number of hydrogen-bond donors (Lipinski definition) is 0. The van der Waals surface area contributed by atoms with Crippen LogP contribution in [0, 0.1) is 0 Å². The minimum Gasteiger partial charge on any atom is -0.271 e. The topological polar surface area (TPSA) is 29.5 Å². The highest BCUT2D eigenvalue weighted by Gasteiger charge is 2.09. The van der Waals surface area contributed by atoms with Crippen LogP contribution < -0.4 is 0 Å². The quantitative estimate of drug-likeness (QED) is 0.280. The maximum Gasteiger partial charge on any atom is 0.269 e. The smallest absolute Gasteiger partial charge is 0.269 e. The normalized spacial score (nSPS) is 10.4. The molecule has 112 valence electrons. The first kappa shape index (κ1) is 18.2. The molecule has 0 heterocycles. The van der Waals surface area contributed by atoms with Gasteiger partial charge in [-0.15, -0.1) is 0 Å². The second-order valence-corrected chi connectivity index (χ2v) is 4.95. The van der Waals surface area contributed by atoms with Gasteiger partial charge in [0.15, 0.2) is 0 Å². The average molecular weight is 269 g/mol. The zero-order chi connectivity index (χ0) is 14.3. The van der Waals surface area contributed by atoms with Crippen molar-refractivity contribution in [2.75, 3.05) is 13.2 Å². The fourth-order valence-electron chi connectivity index (χ4n) is 1.93. The van der Waals surface area contributed by atoms with E-state index in [1.807, 2.05) is 6.92 Å². The van der Waals surface area contributed by atoms with E-state index in [9.17, 15) is 4.79 Å². The lowest BCUT2D eigenvalue weighted by Crippen LogP contribution is -2.31. The van der Waals surface area contributed by atoms with Gasteiger partial charge in [-0.25, -0.2) is 5.06 Å². The molecule has 0 saturated carbocycles. The average Bonchev–Trinajstić information content (AvgIpc) is 2.44. The molecule has 0 aliphatic carbocycles. The van der Waals surface area contributed by atoms with Crippen molar-refractivity contribution in [3.05, 3.63) is 12.7 Å². The molecule has 0 atom stereocenters. The molecule has 3 heteroatoms. The summed E-state index contributed by atoms with van der Waals surface area (Å²) in [6.45, 7) is 9.05. The lowest BCUT2D eigenvalue weighted by atomic mass is 10.1. The van der Waals surface area contributed by atoms with Gasteiger partial charge >= 0.3 is 0 Å². The van der Waals surface area contributed by atoms with Crippen molar-refractivity contribution < 1.29 is 9.63 Å². The third-order valence-corrected chi connectivity index (χ3v) is 3.09. The molecule has 19 heavy (non-hydrogen) atoms. The summed E-state index contributed by atoms with van der Waals surface area (Å²) in [5.41, 5.74) is 0. The number of hydroxylamine groups is 2. The maximum atomic E-state index is 11.5. The van der Waals surface area contributed by atoms with Gasteiger partial charge in [0.25, 0.3) is 5.91 Å². The Hall–Kier alpha value is -0.830. The molecular weight excluding hydrogens is 238 g/mol. The second-order valence-electron chi connectivity index (χ2n) is 4.95. The Labute approximate surface area is 119 Å². The van der Waals surface area contributed by atoms with E-state index in [1.54, 1.807) is 0 Å². The highest BCUT2D eigenvalue weighted by Crippen LogP contribution is 2.09. The van der Waals surface area contributed by atoms with Crippen LogP contribution in [-0.2, 0) is 9.63 Å². The van der Waals surface area contributed by atoms with Gasteiger partial charge in [-0.1, -0.05) is 65.4 Å². The number of unbranched alkanes of at least 4 members (excludes halogenated alkanes) is 7. The molecule has 0 rings (SSSR count). The van der Waals surface area contributed by atoms with Crippen LogP contribution in [0.15, 0.2) is 12.7 Å². The molecule has 0 bridgehead atoms. The van der Waals surface area contributed by atoms with Gasteiger partial charge in [-0.3, -0.25) is 9.63 Å². The number of carbonyl (C=O) groups excluding carboxylic acids is 1. The maximum absolute atomic E-state index is 11.5. The van der Waals surface area contributed by atoms with E-state index in [0.717, 1.165) is 12.8 Å². The highest BCUT2D eigenvalue weighted by atomic mass is 16.7. The number of hydrogen-bond acceptors (Lipinski definition) is 2. The Morgan fingerprint density at radius 2 is 1.58 bits per heavy atom. The van der Waals surface area contributed by atoms with Crippen LogP contribution in [0.2, 0.25) is 0 Å². The summed E-state index contributed by atoms with van der Waals surface area (Å²) in [6, 6.07) is 0. The van der Waals surface area contributed by atoms with E-state index < -0.39 is 0 Å². The Morgan fingerprint density at radius 1 is 1.00 bits per heavy atom. The molecule has 0 aromatic heterocycles. The molecule has 0 saturated heterocycles. The summed E-state index contributed by atoms with van der Waals surface area (Å²) < 4.78 is 0. The number of carbonyl (C=O) groups is 1. The molecule has 0 unspecified atom stereocenters. The Balaban J connectivity index is 3.57. The monoisotopic (exact) mass is 269 g/mol. The third-order valence-electron chi connectivity index (χ3n) is 3.09. The fraction of sp³-hybridized carbons (Fsp3) is 0.812. The molecule has 0 aromatic carbocycles. The van der Waals surface area contributed by atoms with E-state index in [4.69, 9.17) is 4.84 Å². The first-order chi connectivity index (χ1) is 9.26. The first-order valence-corrected chi connectivity index (χ1v) is 7.83. The van der Waals surface area contributed by atoms with E-state index in [-0.39, 0.29) is 5.91 Å². The zero-order valence-electron chi connectivity index (χ0n) is 12.8. The van der Waals surface area contributed by atoms with Crippen molar-refractivity contribution in [2.24, 2.45) is 0 Å².